The summed E-state index contributed by atoms with van der Waals surface area (Å²) in [6.07, 6.45) is -19.1. The van der Waals surface area contributed by atoms with Gasteiger partial charge in [-0.05, 0) is 24.6 Å². The van der Waals surface area contributed by atoms with Crippen molar-refractivity contribution < 1.29 is 96.7 Å². The third-order valence-corrected chi connectivity index (χ3v) is 11.6. The van der Waals surface area contributed by atoms with Gasteiger partial charge in [0.25, 0.3) is 0 Å². The fraction of sp³-hybridized carbons (Fsp3) is 0.639. The van der Waals surface area contributed by atoms with Gasteiger partial charge in [0.1, 0.15) is 48.5 Å². The predicted octanol–water partition coefficient (Wildman–Crippen LogP) is -8.92. The van der Waals surface area contributed by atoms with Gasteiger partial charge in [-0.3, -0.25) is 38.1 Å². The third kappa shape index (κ3) is 12.1. The maximum Gasteiger partial charge on any atom is 0.446 e. The Balaban J connectivity index is 1.90. The molecule has 7 amide bonds. The molecule has 3 saturated heterocycles. The van der Waals surface area contributed by atoms with Crippen LogP contribution in [0.5, 0.6) is 11.5 Å². The molecule has 3 aliphatic rings. The van der Waals surface area contributed by atoms with Crippen molar-refractivity contribution in [2.45, 2.75) is 118 Å². The molecular formula is C36H54N8O20S. The molecule has 65 heavy (non-hydrogen) atoms. The summed E-state index contributed by atoms with van der Waals surface area (Å²) in [5.74, 6) is -12.3. The number of rotatable bonds is 9. The first-order valence-corrected chi connectivity index (χ1v) is 21.2. The SMILES string of the molecule is CC(O)C1C(=O)N2CC(O)CC2C(=O)NC(C(O)C(O)c2ccc(O)c(OS(=O)(=O)O)c2)C(=O)NC(C(O)CC(N)=O)C(=O)N2CC(C)C(O)C2C(=O)NC(O)C(O)CC(N)C(=O)N1C. The highest BCUT2D eigenvalue weighted by atomic mass is 32.3. The number of phenolic OH excluding ortho intramolecular Hbond substituents is 1. The van der Waals surface area contributed by atoms with Crippen LogP contribution in [0.25, 0.3) is 0 Å². The topological polar surface area (TPSA) is 463 Å². The first kappa shape index (κ1) is 52.3. The highest BCUT2D eigenvalue weighted by Crippen LogP contribution is 2.33. The van der Waals surface area contributed by atoms with Crippen LogP contribution in [0.2, 0.25) is 0 Å². The molecule has 29 heteroatoms. The number of primary amides is 1. The van der Waals surface area contributed by atoms with Crippen LogP contribution in [-0.4, -0.2) is 214 Å². The Labute approximate surface area is 369 Å². The number of nitrogens with two attached hydrogens (primary N) is 2. The van der Waals surface area contributed by atoms with E-state index in [9.17, 15) is 87.9 Å². The predicted molar refractivity (Wildman–Crippen MR) is 213 cm³/mol. The molecule has 0 aliphatic carbocycles. The van der Waals surface area contributed by atoms with Crippen molar-refractivity contribution in [3.8, 4) is 11.5 Å². The number of aliphatic hydroxyl groups excluding tert-OH is 8. The van der Waals surface area contributed by atoms with Crippen molar-refractivity contribution >= 4 is 51.7 Å². The van der Waals surface area contributed by atoms with Gasteiger partial charge in [-0.1, -0.05) is 13.0 Å². The van der Waals surface area contributed by atoms with E-state index in [1.807, 2.05) is 10.6 Å². The van der Waals surface area contributed by atoms with Crippen molar-refractivity contribution in [3.05, 3.63) is 23.8 Å². The maximum atomic E-state index is 14.4. The van der Waals surface area contributed by atoms with Crippen molar-refractivity contribution in [2.24, 2.45) is 17.4 Å². The number of phenols is 1. The van der Waals surface area contributed by atoms with E-state index < -0.39 is 192 Å². The number of carbonyl (C=O) groups excluding carboxylic acids is 7. The number of likely N-dealkylation sites (N-methyl/N-ethyl adjacent to an activating group) is 1. The van der Waals surface area contributed by atoms with Gasteiger partial charge in [-0.2, -0.15) is 8.42 Å². The number of aromatic hydroxyl groups is 1. The van der Waals surface area contributed by atoms with Crippen LogP contribution in [0.15, 0.2) is 18.2 Å². The van der Waals surface area contributed by atoms with Crippen LogP contribution in [0, 0.1) is 5.92 Å². The quantitative estimate of drug-likeness (QED) is 0.102. The van der Waals surface area contributed by atoms with Crippen LogP contribution in [0.3, 0.4) is 0 Å². The highest BCUT2D eigenvalue weighted by Gasteiger charge is 2.51. The van der Waals surface area contributed by atoms with Crippen molar-refractivity contribution in [1.29, 1.82) is 0 Å². The van der Waals surface area contributed by atoms with Gasteiger partial charge in [-0.25, -0.2) is 0 Å². The Morgan fingerprint density at radius 3 is 2.08 bits per heavy atom. The van der Waals surface area contributed by atoms with Gasteiger partial charge in [0, 0.05) is 38.9 Å². The molecule has 3 heterocycles. The second-order valence-corrected chi connectivity index (χ2v) is 17.2. The molecule has 0 saturated carbocycles. The van der Waals surface area contributed by atoms with Crippen molar-refractivity contribution in [1.82, 2.24) is 30.7 Å². The van der Waals surface area contributed by atoms with Crippen LogP contribution in [-0.2, 0) is 44.0 Å². The average Bonchev–Trinajstić information content (AvgIpc) is 3.75. The molecule has 0 aromatic heterocycles. The average molecular weight is 951 g/mol. The molecule has 0 radical (unpaired) electrons. The lowest BCUT2D eigenvalue weighted by atomic mass is 9.96. The monoisotopic (exact) mass is 950 g/mol. The van der Waals surface area contributed by atoms with E-state index in [2.05, 4.69) is 9.50 Å². The summed E-state index contributed by atoms with van der Waals surface area (Å²) in [7, 11) is -4.29. The summed E-state index contributed by atoms with van der Waals surface area (Å²) in [5.41, 5.74) is 10.7. The number of nitrogens with one attached hydrogen (secondary N) is 3. The van der Waals surface area contributed by atoms with Crippen molar-refractivity contribution in [3.63, 3.8) is 0 Å². The van der Waals surface area contributed by atoms with Gasteiger partial charge in [-0.15, -0.1) is 0 Å². The molecular weight excluding hydrogens is 896 g/mol. The zero-order valence-corrected chi connectivity index (χ0v) is 35.7. The Hall–Kier alpha value is -5.34. The molecule has 15 unspecified atom stereocenters. The molecule has 4 rings (SSSR count). The smallest absolute Gasteiger partial charge is 0.446 e. The number of fused-ring (bicyclic) bond motifs is 2. The minimum absolute atomic E-state index is 0.507. The number of aliphatic hydroxyl groups is 8. The lowest BCUT2D eigenvalue weighted by molar-refractivity contribution is -0.152. The number of nitrogens with zero attached hydrogens (tertiary/aromatic N) is 3. The molecule has 15 atom stereocenters. The summed E-state index contributed by atoms with van der Waals surface area (Å²) in [6, 6.07) is -10.1. The lowest BCUT2D eigenvalue weighted by Crippen LogP contribution is -2.64. The van der Waals surface area contributed by atoms with Crippen molar-refractivity contribution in [2.75, 3.05) is 20.1 Å². The molecule has 0 spiro atoms. The van der Waals surface area contributed by atoms with Gasteiger partial charge in [0.2, 0.25) is 41.4 Å². The molecule has 28 nitrogen and oxygen atoms in total. The van der Waals surface area contributed by atoms with E-state index in [0.29, 0.717) is 20.8 Å². The zero-order chi connectivity index (χ0) is 49.2. The Morgan fingerprint density at radius 2 is 1.49 bits per heavy atom. The molecule has 3 aliphatic heterocycles. The number of amides is 7. The summed E-state index contributed by atoms with van der Waals surface area (Å²) in [4.78, 5) is 98.2. The molecule has 1 aromatic carbocycles. The minimum Gasteiger partial charge on any atom is -0.504 e. The lowest BCUT2D eigenvalue weighted by Gasteiger charge is -2.36. The third-order valence-electron chi connectivity index (χ3n) is 11.2. The number of hydrogen-bond donors (Lipinski definition) is 15. The first-order valence-electron chi connectivity index (χ1n) is 19.8. The van der Waals surface area contributed by atoms with E-state index in [4.69, 9.17) is 16.0 Å². The molecule has 364 valence electrons. The summed E-state index contributed by atoms with van der Waals surface area (Å²) < 4.78 is 36.2. The summed E-state index contributed by atoms with van der Waals surface area (Å²) >= 11 is 0. The van der Waals surface area contributed by atoms with Gasteiger partial charge in [0.05, 0.1) is 36.9 Å². The number of benzene rings is 1. The van der Waals surface area contributed by atoms with Gasteiger partial charge < -0.3 is 92.3 Å². The second kappa shape index (κ2) is 20.9. The van der Waals surface area contributed by atoms with E-state index in [1.165, 1.54) is 6.92 Å². The largest absolute Gasteiger partial charge is 0.504 e. The Kier molecular flexibility index (Phi) is 16.8. The fourth-order valence-corrected chi connectivity index (χ4v) is 8.20. The summed E-state index contributed by atoms with van der Waals surface area (Å²) in [5, 5.41) is 104. The Morgan fingerprint density at radius 1 is 0.877 bits per heavy atom. The van der Waals surface area contributed by atoms with Crippen LogP contribution < -0.4 is 31.6 Å². The minimum atomic E-state index is -5.31. The van der Waals surface area contributed by atoms with Crippen LogP contribution in [0.4, 0.5) is 0 Å². The fourth-order valence-electron chi connectivity index (χ4n) is 7.84. The van der Waals surface area contributed by atoms with Crippen LogP contribution >= 0.6 is 0 Å². The summed E-state index contributed by atoms with van der Waals surface area (Å²) in [6.45, 7) is 1.30. The van der Waals surface area contributed by atoms with E-state index in [1.54, 1.807) is 0 Å². The standard InChI is InChI=1S/C36H54N8O20S/c1-12-10-44-26(27(12)51)33(57)41-31(55)20(49)8-16(37)34(58)42(3)25(13(2)45)36(60)43-11-15(46)7-17(43)30(54)40-24(32(56)39-23(35(44)59)19(48)9-22(38)50)29(53)28(52)14-4-5-18(47)21(6-14)64-65(61,62)63/h4-6,12-13,15-17,19-20,23-29,31,45-49,51-53,55H,7-11,37H2,1-3H3,(H2,38,50)(H,39,56)(H,40,54)(H,41,57)(H,61,62,63). The second-order valence-electron chi connectivity index (χ2n) is 16.2. The molecule has 1 aromatic rings. The van der Waals surface area contributed by atoms with Crippen LogP contribution in [0.1, 0.15) is 44.8 Å². The molecule has 0 bridgehead atoms. The Bertz CT molecular complexity index is 2100. The molecule has 3 fully saturated rings. The molecule has 17 N–H and O–H groups in total. The van der Waals surface area contributed by atoms with E-state index in [0.717, 1.165) is 26.1 Å². The first-order chi connectivity index (χ1) is 30.1. The zero-order valence-electron chi connectivity index (χ0n) is 34.9. The van der Waals surface area contributed by atoms with Gasteiger partial charge in [0.15, 0.2) is 17.7 Å². The number of carbonyl (C=O) groups is 7. The van der Waals surface area contributed by atoms with Gasteiger partial charge >= 0.3 is 10.4 Å². The number of hydrogen-bond acceptors (Lipinski definition) is 20. The van der Waals surface area contributed by atoms with E-state index >= 15 is 0 Å². The maximum absolute atomic E-state index is 14.4. The normalized spacial score (nSPS) is 32.3. The van der Waals surface area contributed by atoms with E-state index in [-0.39, 0.29) is 0 Å². The highest BCUT2D eigenvalue weighted by molar-refractivity contribution is 7.81.